The second-order valence-electron chi connectivity index (χ2n) is 6.00. The second-order valence-corrected chi connectivity index (χ2v) is 6.44. The molecule has 1 heterocycles. The standard InChI is InChI=1S/C17H26ClFN2/c1-3-5-15-12-21(16(6-4-2)10-20-15)11-13-7-8-14(18)9-17(13)19/h7-9,15-16,20H,3-6,10-12H2,1-2H3. The van der Waals surface area contributed by atoms with Crippen LogP contribution in [0.1, 0.15) is 45.1 Å². The normalized spacial score (nSPS) is 23.4. The zero-order valence-corrected chi connectivity index (χ0v) is 13.8. The zero-order valence-electron chi connectivity index (χ0n) is 13.0. The molecule has 4 heteroatoms. The Labute approximate surface area is 132 Å². The highest BCUT2D eigenvalue weighted by molar-refractivity contribution is 6.30. The number of benzene rings is 1. The van der Waals surface area contributed by atoms with Crippen LogP contribution >= 0.6 is 11.6 Å². The molecule has 1 aromatic rings. The van der Waals surface area contributed by atoms with Gasteiger partial charge in [-0.3, -0.25) is 4.90 Å². The number of nitrogens with zero attached hydrogens (tertiary/aromatic N) is 1. The van der Waals surface area contributed by atoms with Crippen molar-refractivity contribution in [1.82, 2.24) is 10.2 Å². The molecule has 2 rings (SSSR count). The predicted molar refractivity (Wildman–Crippen MR) is 87.2 cm³/mol. The van der Waals surface area contributed by atoms with Gasteiger partial charge in [0.1, 0.15) is 5.82 Å². The van der Waals surface area contributed by atoms with E-state index >= 15 is 0 Å². The molecule has 1 saturated heterocycles. The number of piperazine rings is 1. The van der Waals surface area contributed by atoms with Gasteiger partial charge in [0.25, 0.3) is 0 Å². The molecule has 0 spiro atoms. The van der Waals surface area contributed by atoms with Crippen molar-refractivity contribution < 1.29 is 4.39 Å². The first-order chi connectivity index (χ1) is 10.1. The van der Waals surface area contributed by atoms with E-state index in [-0.39, 0.29) is 5.82 Å². The molecular weight excluding hydrogens is 287 g/mol. The molecule has 1 fully saturated rings. The van der Waals surface area contributed by atoms with E-state index in [1.54, 1.807) is 6.07 Å². The molecule has 21 heavy (non-hydrogen) atoms. The van der Waals surface area contributed by atoms with Gasteiger partial charge in [-0.05, 0) is 25.0 Å². The molecule has 2 nitrogen and oxygen atoms in total. The molecule has 0 radical (unpaired) electrons. The van der Waals surface area contributed by atoms with Crippen molar-refractivity contribution in [3.63, 3.8) is 0 Å². The zero-order chi connectivity index (χ0) is 15.2. The largest absolute Gasteiger partial charge is 0.311 e. The third kappa shape index (κ3) is 4.67. The maximum atomic E-state index is 14.0. The topological polar surface area (TPSA) is 15.3 Å². The van der Waals surface area contributed by atoms with Crippen LogP contribution in [0.3, 0.4) is 0 Å². The van der Waals surface area contributed by atoms with E-state index in [2.05, 4.69) is 24.1 Å². The minimum atomic E-state index is -0.191. The third-order valence-electron chi connectivity index (χ3n) is 4.26. The van der Waals surface area contributed by atoms with Gasteiger partial charge in [-0.15, -0.1) is 0 Å². The lowest BCUT2D eigenvalue weighted by Gasteiger charge is -2.40. The fourth-order valence-corrected chi connectivity index (χ4v) is 3.31. The number of hydrogen-bond donors (Lipinski definition) is 1. The van der Waals surface area contributed by atoms with Crippen LogP contribution in [-0.4, -0.2) is 30.1 Å². The highest BCUT2D eigenvalue weighted by Gasteiger charge is 2.27. The molecule has 2 atom stereocenters. The van der Waals surface area contributed by atoms with E-state index < -0.39 is 0 Å². The van der Waals surface area contributed by atoms with Crippen molar-refractivity contribution >= 4 is 11.6 Å². The smallest absolute Gasteiger partial charge is 0.129 e. The van der Waals surface area contributed by atoms with Gasteiger partial charge in [-0.25, -0.2) is 4.39 Å². The fraction of sp³-hybridized carbons (Fsp3) is 0.647. The Kier molecular flexibility index (Phi) is 6.46. The van der Waals surface area contributed by atoms with Crippen LogP contribution in [0.15, 0.2) is 18.2 Å². The van der Waals surface area contributed by atoms with Crippen LogP contribution < -0.4 is 5.32 Å². The maximum absolute atomic E-state index is 14.0. The van der Waals surface area contributed by atoms with Crippen molar-refractivity contribution in [1.29, 1.82) is 0 Å². The summed E-state index contributed by atoms with van der Waals surface area (Å²) in [4.78, 5) is 2.44. The van der Waals surface area contributed by atoms with E-state index in [1.807, 2.05) is 6.07 Å². The number of nitrogens with one attached hydrogen (secondary N) is 1. The van der Waals surface area contributed by atoms with Crippen molar-refractivity contribution in [2.45, 2.75) is 58.2 Å². The average Bonchev–Trinajstić information content (AvgIpc) is 2.45. The second kappa shape index (κ2) is 8.11. The van der Waals surface area contributed by atoms with Crippen LogP contribution in [-0.2, 0) is 6.54 Å². The van der Waals surface area contributed by atoms with E-state index in [0.717, 1.165) is 31.5 Å². The monoisotopic (exact) mass is 312 g/mol. The van der Waals surface area contributed by atoms with Crippen LogP contribution in [0, 0.1) is 5.82 Å². The Balaban J connectivity index is 2.07. The minimum Gasteiger partial charge on any atom is -0.311 e. The summed E-state index contributed by atoms with van der Waals surface area (Å²) < 4.78 is 14.0. The highest BCUT2D eigenvalue weighted by Crippen LogP contribution is 2.21. The fourth-order valence-electron chi connectivity index (χ4n) is 3.15. The quantitative estimate of drug-likeness (QED) is 0.846. The molecule has 1 aliphatic rings. The van der Waals surface area contributed by atoms with Gasteiger partial charge < -0.3 is 5.32 Å². The lowest BCUT2D eigenvalue weighted by molar-refractivity contribution is 0.110. The summed E-state index contributed by atoms with van der Waals surface area (Å²) in [6, 6.07) is 6.03. The number of halogens is 2. The Morgan fingerprint density at radius 1 is 1.29 bits per heavy atom. The molecule has 0 aliphatic carbocycles. The highest BCUT2D eigenvalue weighted by atomic mass is 35.5. The Morgan fingerprint density at radius 2 is 2.05 bits per heavy atom. The summed E-state index contributed by atoms with van der Waals surface area (Å²) >= 11 is 5.84. The van der Waals surface area contributed by atoms with Gasteiger partial charge in [0.2, 0.25) is 0 Å². The Bertz CT molecular complexity index is 452. The van der Waals surface area contributed by atoms with E-state index in [9.17, 15) is 4.39 Å². The summed E-state index contributed by atoms with van der Waals surface area (Å²) in [5.74, 6) is -0.191. The van der Waals surface area contributed by atoms with E-state index in [1.165, 1.54) is 18.9 Å². The minimum absolute atomic E-state index is 0.191. The molecule has 0 aromatic heterocycles. The van der Waals surface area contributed by atoms with E-state index in [4.69, 9.17) is 11.6 Å². The van der Waals surface area contributed by atoms with Gasteiger partial charge in [0, 0.05) is 42.3 Å². The first kappa shape index (κ1) is 16.7. The van der Waals surface area contributed by atoms with E-state index in [0.29, 0.717) is 23.7 Å². The lowest BCUT2D eigenvalue weighted by Crippen LogP contribution is -2.55. The molecule has 118 valence electrons. The Hall–Kier alpha value is -0.640. The average molecular weight is 313 g/mol. The summed E-state index contributed by atoms with van der Waals surface area (Å²) in [6.45, 7) is 7.10. The number of rotatable bonds is 6. The summed E-state index contributed by atoms with van der Waals surface area (Å²) in [5.41, 5.74) is 0.748. The molecule has 2 unspecified atom stereocenters. The molecule has 0 bridgehead atoms. The molecule has 0 amide bonds. The molecular formula is C17H26ClFN2. The van der Waals surface area contributed by atoms with Gasteiger partial charge in [-0.1, -0.05) is 44.4 Å². The van der Waals surface area contributed by atoms with Crippen molar-refractivity contribution in [2.75, 3.05) is 13.1 Å². The van der Waals surface area contributed by atoms with Crippen molar-refractivity contribution in [3.8, 4) is 0 Å². The molecule has 1 aliphatic heterocycles. The summed E-state index contributed by atoms with van der Waals surface area (Å²) in [6.07, 6.45) is 4.67. The van der Waals surface area contributed by atoms with Crippen molar-refractivity contribution in [2.24, 2.45) is 0 Å². The SMILES string of the molecule is CCCC1CN(Cc2ccc(Cl)cc2F)C(CCC)CN1. The van der Waals surface area contributed by atoms with Gasteiger partial charge >= 0.3 is 0 Å². The predicted octanol–water partition coefficient (Wildman–Crippen LogP) is 4.22. The van der Waals surface area contributed by atoms with Gasteiger partial charge in [0.15, 0.2) is 0 Å². The van der Waals surface area contributed by atoms with Gasteiger partial charge in [-0.2, -0.15) is 0 Å². The summed E-state index contributed by atoms with van der Waals surface area (Å²) in [7, 11) is 0. The summed E-state index contributed by atoms with van der Waals surface area (Å²) in [5, 5.41) is 4.10. The third-order valence-corrected chi connectivity index (χ3v) is 4.50. The molecule has 0 saturated carbocycles. The van der Waals surface area contributed by atoms with Crippen LogP contribution in [0.2, 0.25) is 5.02 Å². The first-order valence-corrected chi connectivity index (χ1v) is 8.43. The van der Waals surface area contributed by atoms with Crippen LogP contribution in [0.25, 0.3) is 0 Å². The van der Waals surface area contributed by atoms with Crippen LogP contribution in [0.4, 0.5) is 4.39 Å². The number of hydrogen-bond acceptors (Lipinski definition) is 2. The van der Waals surface area contributed by atoms with Crippen LogP contribution in [0.5, 0.6) is 0 Å². The molecule has 1 aromatic carbocycles. The maximum Gasteiger partial charge on any atom is 0.129 e. The Morgan fingerprint density at radius 3 is 2.71 bits per heavy atom. The lowest BCUT2D eigenvalue weighted by atomic mass is 10.0. The molecule has 1 N–H and O–H groups in total. The van der Waals surface area contributed by atoms with Crippen molar-refractivity contribution in [3.05, 3.63) is 34.6 Å². The van der Waals surface area contributed by atoms with Gasteiger partial charge in [0.05, 0.1) is 0 Å². The first-order valence-electron chi connectivity index (χ1n) is 8.05.